The predicted molar refractivity (Wildman–Crippen MR) is 186 cm³/mol. The highest BCUT2D eigenvalue weighted by Crippen LogP contribution is 2.35. The quantitative estimate of drug-likeness (QED) is 0.222. The van der Waals surface area contributed by atoms with Gasteiger partial charge < -0.3 is 23.8 Å². The number of piperidine rings is 1. The van der Waals surface area contributed by atoms with Crippen molar-refractivity contribution in [3.63, 3.8) is 0 Å². The van der Waals surface area contributed by atoms with E-state index in [9.17, 15) is 9.59 Å². The van der Waals surface area contributed by atoms with Crippen molar-refractivity contribution in [2.24, 2.45) is 7.05 Å². The van der Waals surface area contributed by atoms with E-state index in [0.29, 0.717) is 17.5 Å². The number of ether oxygens (including phenoxy) is 2. The molecular weight excluding hydrogens is 606 g/mol. The summed E-state index contributed by atoms with van der Waals surface area (Å²) in [6.07, 6.45) is 6.07. The number of anilines is 1. The molecule has 250 valence electrons. The first-order valence-corrected chi connectivity index (χ1v) is 16.7. The van der Waals surface area contributed by atoms with Crippen molar-refractivity contribution in [3.05, 3.63) is 71.8 Å². The first-order chi connectivity index (χ1) is 23.3. The second kappa shape index (κ2) is 13.0. The molecule has 2 aliphatic heterocycles. The fourth-order valence-electron chi connectivity index (χ4n) is 7.52. The smallest absolute Gasteiger partial charge is 0.219 e. The molecule has 5 aromatic rings. The van der Waals surface area contributed by atoms with E-state index in [1.807, 2.05) is 78.3 Å². The van der Waals surface area contributed by atoms with E-state index in [-0.39, 0.29) is 18.1 Å². The van der Waals surface area contributed by atoms with E-state index in [1.54, 1.807) is 21.1 Å². The molecule has 0 bridgehead atoms. The molecule has 2 saturated heterocycles. The van der Waals surface area contributed by atoms with Crippen LogP contribution in [0.3, 0.4) is 0 Å². The molecule has 0 N–H and O–H groups in total. The lowest BCUT2D eigenvalue weighted by molar-refractivity contribution is -0.130. The number of benzene rings is 2. The van der Waals surface area contributed by atoms with Crippen LogP contribution >= 0.6 is 0 Å². The molecule has 0 atom stereocenters. The summed E-state index contributed by atoms with van der Waals surface area (Å²) < 4.78 is 15.5. The van der Waals surface area contributed by atoms with Gasteiger partial charge in [0.25, 0.3) is 0 Å². The van der Waals surface area contributed by atoms with Gasteiger partial charge in [0.05, 0.1) is 36.6 Å². The molecule has 0 spiro atoms. The molecule has 7 rings (SSSR count). The highest BCUT2D eigenvalue weighted by atomic mass is 16.5. The third kappa shape index (κ3) is 5.66. The number of carbonyl (C=O) groups is 2. The van der Waals surface area contributed by atoms with Crippen LogP contribution in [0.5, 0.6) is 11.5 Å². The first kappa shape index (κ1) is 31.7. The third-order valence-electron chi connectivity index (χ3n) is 10.2. The standard InChI is InChI=1S/C37H43N7O4/c1-24-36-35(39-37(44(36)16-13-38-24)43-19-17-42(18-20-43)28-11-14-41(15-12-28)25(2)45)27-10-9-26(34(22-27)48-5)21-32(46)31-23-29-30(40(31)3)7-6-8-33(29)47-4/h6-10,13,16,22-23,28H,11-12,14-15,17-21H2,1-5H3. The lowest BCUT2D eigenvalue weighted by Crippen LogP contribution is -2.54. The minimum atomic E-state index is 0.000114. The Kier molecular flexibility index (Phi) is 8.55. The third-order valence-corrected chi connectivity index (χ3v) is 10.2. The summed E-state index contributed by atoms with van der Waals surface area (Å²) in [7, 11) is 5.19. The van der Waals surface area contributed by atoms with Gasteiger partial charge in [-0.1, -0.05) is 18.2 Å². The second-order valence-electron chi connectivity index (χ2n) is 12.9. The maximum absolute atomic E-state index is 13.6. The van der Waals surface area contributed by atoms with Crippen molar-refractivity contribution in [1.29, 1.82) is 0 Å². The molecular formula is C37H43N7O4. The molecule has 11 nitrogen and oxygen atoms in total. The number of aromatic nitrogens is 4. The first-order valence-electron chi connectivity index (χ1n) is 16.7. The van der Waals surface area contributed by atoms with Crippen LogP contribution in [0.25, 0.3) is 27.7 Å². The van der Waals surface area contributed by atoms with Crippen LogP contribution in [0.4, 0.5) is 5.95 Å². The van der Waals surface area contributed by atoms with Crippen LogP contribution in [-0.2, 0) is 18.3 Å². The topological polar surface area (TPSA) is 97.4 Å². The minimum absolute atomic E-state index is 0.000114. The summed E-state index contributed by atoms with van der Waals surface area (Å²) in [4.78, 5) is 42.2. The van der Waals surface area contributed by atoms with Gasteiger partial charge in [0.1, 0.15) is 17.2 Å². The predicted octanol–water partition coefficient (Wildman–Crippen LogP) is 4.77. The zero-order valence-corrected chi connectivity index (χ0v) is 28.4. The van der Waals surface area contributed by atoms with Crippen LogP contribution < -0.4 is 14.4 Å². The maximum Gasteiger partial charge on any atom is 0.219 e. The van der Waals surface area contributed by atoms with Gasteiger partial charge in [-0.15, -0.1) is 0 Å². The number of hydrogen-bond donors (Lipinski definition) is 0. The molecule has 48 heavy (non-hydrogen) atoms. The van der Waals surface area contributed by atoms with Gasteiger partial charge in [0.15, 0.2) is 5.78 Å². The van der Waals surface area contributed by atoms with Gasteiger partial charge in [0.2, 0.25) is 11.9 Å². The summed E-state index contributed by atoms with van der Waals surface area (Å²) in [5.74, 6) is 2.47. The molecule has 0 aliphatic carbocycles. The molecule has 0 unspecified atom stereocenters. The lowest BCUT2D eigenvalue weighted by atomic mass is 10.0. The number of hydrogen-bond acceptors (Lipinski definition) is 8. The van der Waals surface area contributed by atoms with Crippen molar-refractivity contribution >= 4 is 34.1 Å². The van der Waals surface area contributed by atoms with E-state index in [2.05, 4.69) is 19.2 Å². The molecule has 5 heterocycles. The number of methoxy groups -OCH3 is 2. The number of nitrogens with zero attached hydrogens (tertiary/aromatic N) is 7. The Morgan fingerprint density at radius 2 is 1.69 bits per heavy atom. The van der Waals surface area contributed by atoms with Gasteiger partial charge in [-0.2, -0.15) is 0 Å². The van der Waals surface area contributed by atoms with Crippen molar-refractivity contribution in [2.45, 2.75) is 39.2 Å². The minimum Gasteiger partial charge on any atom is -0.496 e. The molecule has 3 aromatic heterocycles. The summed E-state index contributed by atoms with van der Waals surface area (Å²) in [6, 6.07) is 14.2. The molecule has 11 heteroatoms. The largest absolute Gasteiger partial charge is 0.496 e. The highest BCUT2D eigenvalue weighted by molar-refractivity contribution is 6.02. The number of Topliss-reactive ketones (excluding diaryl/α,β-unsaturated/α-hetero) is 1. The fourth-order valence-corrected chi connectivity index (χ4v) is 7.52. The van der Waals surface area contributed by atoms with Crippen molar-refractivity contribution < 1.29 is 19.1 Å². The maximum atomic E-state index is 13.6. The summed E-state index contributed by atoms with van der Waals surface area (Å²) in [5, 5.41) is 0.913. The molecule has 0 saturated carbocycles. The number of aryl methyl sites for hydroxylation is 2. The molecule has 0 radical (unpaired) electrons. The number of carbonyl (C=O) groups excluding carboxylic acids is 2. The number of rotatable bonds is 8. The number of piperazine rings is 1. The summed E-state index contributed by atoms with van der Waals surface area (Å²) in [5.41, 5.74) is 5.98. The van der Waals surface area contributed by atoms with E-state index in [1.165, 1.54) is 0 Å². The summed E-state index contributed by atoms with van der Waals surface area (Å²) >= 11 is 0. The van der Waals surface area contributed by atoms with Crippen LogP contribution in [-0.4, -0.2) is 100.0 Å². The summed E-state index contributed by atoms with van der Waals surface area (Å²) in [6.45, 7) is 9.02. The van der Waals surface area contributed by atoms with E-state index < -0.39 is 0 Å². The van der Waals surface area contributed by atoms with E-state index in [0.717, 1.165) is 103 Å². The molecule has 2 fully saturated rings. The number of likely N-dealkylation sites (tertiary alicyclic amines) is 1. The van der Waals surface area contributed by atoms with Crippen molar-refractivity contribution in [1.82, 2.24) is 28.7 Å². The fraction of sp³-hybridized carbons (Fsp3) is 0.405. The van der Waals surface area contributed by atoms with Gasteiger partial charge in [-0.05, 0) is 44.0 Å². The Labute approximate surface area is 280 Å². The zero-order chi connectivity index (χ0) is 33.5. The van der Waals surface area contributed by atoms with Crippen molar-refractivity contribution in [2.75, 3.05) is 58.4 Å². The number of fused-ring (bicyclic) bond motifs is 2. The average molecular weight is 650 g/mol. The molecule has 2 aromatic carbocycles. The Balaban J connectivity index is 1.13. The van der Waals surface area contributed by atoms with Crippen LogP contribution in [0.2, 0.25) is 0 Å². The van der Waals surface area contributed by atoms with Crippen LogP contribution in [0, 0.1) is 6.92 Å². The lowest BCUT2D eigenvalue weighted by Gasteiger charge is -2.42. The average Bonchev–Trinajstić information content (AvgIpc) is 3.67. The number of amides is 1. The zero-order valence-electron chi connectivity index (χ0n) is 28.4. The van der Waals surface area contributed by atoms with E-state index >= 15 is 0 Å². The number of ketones is 1. The van der Waals surface area contributed by atoms with Crippen LogP contribution in [0.15, 0.2) is 54.9 Å². The second-order valence-corrected chi connectivity index (χ2v) is 12.9. The van der Waals surface area contributed by atoms with Gasteiger partial charge in [0, 0.05) is 94.6 Å². The number of imidazole rings is 1. The monoisotopic (exact) mass is 649 g/mol. The molecule has 2 aliphatic rings. The normalized spacial score (nSPS) is 16.2. The Bertz CT molecular complexity index is 2000. The Morgan fingerprint density at radius 1 is 0.938 bits per heavy atom. The Morgan fingerprint density at radius 3 is 2.40 bits per heavy atom. The van der Waals surface area contributed by atoms with E-state index in [4.69, 9.17) is 14.5 Å². The van der Waals surface area contributed by atoms with Crippen molar-refractivity contribution in [3.8, 4) is 22.8 Å². The SMILES string of the molecule is COc1cc(-c2nc(N3CCN(C4CCN(C(C)=O)CC4)CC3)n3ccnc(C)c23)ccc1CC(=O)c1cc2c(OC)cccc2n1C. The van der Waals surface area contributed by atoms with Gasteiger partial charge in [-0.25, -0.2) is 4.98 Å². The highest BCUT2D eigenvalue weighted by Gasteiger charge is 2.30. The van der Waals surface area contributed by atoms with Gasteiger partial charge >= 0.3 is 0 Å². The van der Waals surface area contributed by atoms with Gasteiger partial charge in [-0.3, -0.25) is 23.9 Å². The van der Waals surface area contributed by atoms with Crippen LogP contribution in [0.1, 0.15) is 41.5 Å². The Hall–Kier alpha value is -4.90. The molecule has 1 amide bonds.